The van der Waals surface area contributed by atoms with Crippen molar-refractivity contribution in [1.29, 1.82) is 0 Å². The van der Waals surface area contributed by atoms with Gasteiger partial charge in [0.25, 0.3) is 5.69 Å². The van der Waals surface area contributed by atoms with Crippen LogP contribution < -0.4 is 5.32 Å². The second kappa shape index (κ2) is 4.70. The highest BCUT2D eigenvalue weighted by molar-refractivity contribution is 6.32. The number of rotatable bonds is 3. The molecule has 0 aliphatic heterocycles. The van der Waals surface area contributed by atoms with Crippen LogP contribution in [0, 0.1) is 15.5 Å². The van der Waals surface area contributed by atoms with Gasteiger partial charge in [-0.2, -0.15) is 0 Å². The third kappa shape index (κ3) is 3.70. The molecule has 0 radical (unpaired) electrons. The van der Waals surface area contributed by atoms with Crippen LogP contribution in [0.2, 0.25) is 5.02 Å². The van der Waals surface area contributed by atoms with E-state index in [1.54, 1.807) is 6.07 Å². The minimum absolute atomic E-state index is 0.0689. The Kier molecular flexibility index (Phi) is 3.75. The van der Waals surface area contributed by atoms with Crippen molar-refractivity contribution in [1.82, 2.24) is 0 Å². The Bertz CT molecular complexity index is 399. The van der Waals surface area contributed by atoms with E-state index in [9.17, 15) is 10.1 Å². The number of anilines is 1. The molecule has 0 heterocycles. The smallest absolute Gasteiger partial charge is 0.289 e. The van der Waals surface area contributed by atoms with E-state index < -0.39 is 4.92 Å². The van der Waals surface area contributed by atoms with Crippen LogP contribution in [0.25, 0.3) is 0 Å². The zero-order chi connectivity index (χ0) is 12.3. The van der Waals surface area contributed by atoms with Gasteiger partial charge in [-0.3, -0.25) is 10.1 Å². The van der Waals surface area contributed by atoms with Gasteiger partial charge in [0.2, 0.25) is 0 Å². The van der Waals surface area contributed by atoms with Crippen LogP contribution in [0.3, 0.4) is 0 Å². The summed E-state index contributed by atoms with van der Waals surface area (Å²) >= 11 is 5.71. The van der Waals surface area contributed by atoms with E-state index in [0.717, 1.165) is 6.54 Å². The Labute approximate surface area is 99.8 Å². The summed E-state index contributed by atoms with van der Waals surface area (Å²) in [5.41, 5.74) is 0.764. The molecule has 0 saturated heterocycles. The van der Waals surface area contributed by atoms with Crippen molar-refractivity contribution in [2.75, 3.05) is 11.9 Å². The first-order chi connectivity index (χ1) is 7.29. The zero-order valence-corrected chi connectivity index (χ0v) is 10.3. The lowest BCUT2D eigenvalue weighted by molar-refractivity contribution is -0.384. The monoisotopic (exact) mass is 242 g/mol. The first-order valence-electron chi connectivity index (χ1n) is 4.97. The zero-order valence-electron chi connectivity index (χ0n) is 9.58. The number of nitro groups is 1. The van der Waals surface area contributed by atoms with E-state index in [0.29, 0.717) is 5.69 Å². The maximum Gasteiger partial charge on any atom is 0.289 e. The number of nitrogens with zero attached hydrogens (tertiary/aromatic N) is 1. The molecule has 0 atom stereocenters. The van der Waals surface area contributed by atoms with Gasteiger partial charge >= 0.3 is 0 Å². The summed E-state index contributed by atoms with van der Waals surface area (Å²) in [5, 5.41) is 14.0. The predicted octanol–water partition coefficient (Wildman–Crippen LogP) is 3.71. The maximum absolute atomic E-state index is 10.7. The molecule has 16 heavy (non-hydrogen) atoms. The van der Waals surface area contributed by atoms with Crippen LogP contribution >= 0.6 is 11.6 Å². The lowest BCUT2D eigenvalue weighted by Crippen LogP contribution is -2.18. The first kappa shape index (κ1) is 12.8. The summed E-state index contributed by atoms with van der Waals surface area (Å²) in [4.78, 5) is 10.2. The van der Waals surface area contributed by atoms with Gasteiger partial charge in [0.1, 0.15) is 5.02 Å². The summed E-state index contributed by atoms with van der Waals surface area (Å²) in [7, 11) is 0. The van der Waals surface area contributed by atoms with Crippen molar-refractivity contribution in [3.8, 4) is 0 Å². The summed E-state index contributed by atoms with van der Waals surface area (Å²) < 4.78 is 0. The average Bonchev–Trinajstić information content (AvgIpc) is 2.14. The number of nitro benzene ring substituents is 1. The molecule has 1 rings (SSSR count). The van der Waals surface area contributed by atoms with E-state index in [-0.39, 0.29) is 16.1 Å². The van der Waals surface area contributed by atoms with E-state index in [1.165, 1.54) is 12.1 Å². The molecule has 0 fully saturated rings. The second-order valence-electron chi connectivity index (χ2n) is 4.84. The summed E-state index contributed by atoms with van der Waals surface area (Å²) in [6.07, 6.45) is 0. The molecule has 5 heteroatoms. The summed E-state index contributed by atoms with van der Waals surface area (Å²) in [6, 6.07) is 4.72. The fourth-order valence-electron chi connectivity index (χ4n) is 1.13. The standard InChI is InChI=1S/C11H15ClN2O2/c1-11(2,3)7-13-8-4-5-9(12)10(6-8)14(15)16/h4-6,13H,7H2,1-3H3. The van der Waals surface area contributed by atoms with Gasteiger partial charge in [0, 0.05) is 18.3 Å². The molecule has 0 saturated carbocycles. The number of nitrogens with one attached hydrogen (secondary N) is 1. The largest absolute Gasteiger partial charge is 0.384 e. The molecule has 0 unspecified atom stereocenters. The van der Waals surface area contributed by atoms with E-state index in [2.05, 4.69) is 26.1 Å². The Morgan fingerprint density at radius 3 is 2.56 bits per heavy atom. The third-order valence-corrected chi connectivity index (χ3v) is 2.29. The van der Waals surface area contributed by atoms with Gasteiger partial charge in [-0.05, 0) is 17.5 Å². The van der Waals surface area contributed by atoms with Gasteiger partial charge in [0.05, 0.1) is 4.92 Å². The lowest BCUT2D eigenvalue weighted by Gasteiger charge is -2.19. The highest BCUT2D eigenvalue weighted by Crippen LogP contribution is 2.27. The van der Waals surface area contributed by atoms with Gasteiger partial charge in [-0.1, -0.05) is 32.4 Å². The normalized spacial score (nSPS) is 11.2. The Morgan fingerprint density at radius 1 is 1.44 bits per heavy atom. The highest BCUT2D eigenvalue weighted by Gasteiger charge is 2.14. The molecule has 0 aliphatic rings. The second-order valence-corrected chi connectivity index (χ2v) is 5.24. The average molecular weight is 243 g/mol. The van der Waals surface area contributed by atoms with E-state index >= 15 is 0 Å². The third-order valence-electron chi connectivity index (χ3n) is 1.97. The molecular weight excluding hydrogens is 228 g/mol. The Balaban J connectivity index is 2.83. The summed E-state index contributed by atoms with van der Waals surface area (Å²) in [6.45, 7) is 7.00. The molecular formula is C11H15ClN2O2. The molecule has 0 spiro atoms. The number of hydrogen-bond donors (Lipinski definition) is 1. The van der Waals surface area contributed by atoms with Crippen LogP contribution in [-0.2, 0) is 0 Å². The van der Waals surface area contributed by atoms with Gasteiger partial charge in [-0.25, -0.2) is 0 Å². The highest BCUT2D eigenvalue weighted by atomic mass is 35.5. The first-order valence-corrected chi connectivity index (χ1v) is 5.35. The SMILES string of the molecule is CC(C)(C)CNc1ccc(Cl)c([N+](=O)[O-])c1. The van der Waals surface area contributed by atoms with Crippen LogP contribution in [0.4, 0.5) is 11.4 Å². The number of halogens is 1. The molecule has 0 aliphatic carbocycles. The van der Waals surface area contributed by atoms with Crippen molar-refractivity contribution in [2.45, 2.75) is 20.8 Å². The number of hydrogen-bond acceptors (Lipinski definition) is 3. The van der Waals surface area contributed by atoms with Crippen LogP contribution in [-0.4, -0.2) is 11.5 Å². The van der Waals surface area contributed by atoms with Crippen molar-refractivity contribution in [3.05, 3.63) is 33.3 Å². The number of benzene rings is 1. The van der Waals surface area contributed by atoms with Gasteiger partial charge in [0.15, 0.2) is 0 Å². The van der Waals surface area contributed by atoms with E-state index in [1.807, 2.05) is 0 Å². The van der Waals surface area contributed by atoms with Crippen LogP contribution in [0.5, 0.6) is 0 Å². The lowest BCUT2D eigenvalue weighted by atomic mass is 9.97. The molecule has 4 nitrogen and oxygen atoms in total. The van der Waals surface area contributed by atoms with Gasteiger partial charge in [-0.15, -0.1) is 0 Å². The quantitative estimate of drug-likeness (QED) is 0.649. The molecule has 88 valence electrons. The molecule has 0 aromatic heterocycles. The minimum Gasteiger partial charge on any atom is -0.384 e. The fourth-order valence-corrected chi connectivity index (χ4v) is 1.32. The molecule has 0 amide bonds. The molecule has 1 N–H and O–H groups in total. The Morgan fingerprint density at radius 2 is 2.06 bits per heavy atom. The van der Waals surface area contributed by atoms with Crippen LogP contribution in [0.15, 0.2) is 18.2 Å². The van der Waals surface area contributed by atoms with Crippen molar-refractivity contribution < 1.29 is 4.92 Å². The molecule has 1 aromatic rings. The maximum atomic E-state index is 10.7. The predicted molar refractivity (Wildman–Crippen MR) is 66.1 cm³/mol. The van der Waals surface area contributed by atoms with Crippen molar-refractivity contribution in [3.63, 3.8) is 0 Å². The Hall–Kier alpha value is -1.29. The fraction of sp³-hybridized carbons (Fsp3) is 0.455. The van der Waals surface area contributed by atoms with Gasteiger partial charge < -0.3 is 5.32 Å². The van der Waals surface area contributed by atoms with Crippen molar-refractivity contribution >= 4 is 23.0 Å². The molecule has 0 bridgehead atoms. The summed E-state index contributed by atoms with van der Waals surface area (Å²) in [5.74, 6) is 0. The topological polar surface area (TPSA) is 55.2 Å². The minimum atomic E-state index is -0.482. The molecule has 1 aromatic carbocycles. The van der Waals surface area contributed by atoms with E-state index in [4.69, 9.17) is 11.6 Å². The van der Waals surface area contributed by atoms with Crippen LogP contribution in [0.1, 0.15) is 20.8 Å². The van der Waals surface area contributed by atoms with Crippen molar-refractivity contribution in [2.24, 2.45) is 5.41 Å².